The van der Waals surface area contributed by atoms with Gasteiger partial charge in [-0.05, 0) is 41.8 Å². The van der Waals surface area contributed by atoms with Crippen LogP contribution in [0, 0.1) is 0 Å². The molecule has 1 aliphatic carbocycles. The van der Waals surface area contributed by atoms with Crippen molar-refractivity contribution in [3.63, 3.8) is 0 Å². The number of nitrogens with one attached hydrogen (secondary N) is 1. The highest BCUT2D eigenvalue weighted by Crippen LogP contribution is 2.46. The molecule has 5 rings (SSSR count). The fourth-order valence-corrected chi connectivity index (χ4v) is 5.42. The first-order chi connectivity index (χ1) is 14.3. The van der Waals surface area contributed by atoms with Crippen LogP contribution in [0.2, 0.25) is 0 Å². The van der Waals surface area contributed by atoms with E-state index in [1.54, 1.807) is 0 Å². The molecule has 1 fully saturated rings. The number of hydrogen-bond acceptors (Lipinski definition) is 3. The molecule has 2 aromatic carbocycles. The lowest BCUT2D eigenvalue weighted by molar-refractivity contribution is -0.119. The number of aryl methyl sites for hydroxylation is 1. The van der Waals surface area contributed by atoms with Crippen LogP contribution in [-0.2, 0) is 16.6 Å². The van der Waals surface area contributed by atoms with Gasteiger partial charge in [-0.25, -0.2) is 0 Å². The molecule has 1 aromatic heterocycles. The van der Waals surface area contributed by atoms with E-state index < -0.39 is 0 Å². The van der Waals surface area contributed by atoms with E-state index in [1.807, 2.05) is 18.2 Å². The van der Waals surface area contributed by atoms with E-state index in [9.17, 15) is 9.59 Å². The van der Waals surface area contributed by atoms with Gasteiger partial charge < -0.3 is 9.88 Å². The van der Waals surface area contributed by atoms with Crippen LogP contribution in [0.25, 0.3) is 10.9 Å². The molecule has 1 saturated heterocycles. The van der Waals surface area contributed by atoms with Crippen molar-refractivity contribution < 1.29 is 9.59 Å². The summed E-state index contributed by atoms with van der Waals surface area (Å²) in [7, 11) is 0. The summed E-state index contributed by atoms with van der Waals surface area (Å²) < 4.78 is 0.992. The summed E-state index contributed by atoms with van der Waals surface area (Å²) >= 11 is 3.54. The van der Waals surface area contributed by atoms with E-state index in [-0.39, 0.29) is 11.2 Å². The number of piperidine rings is 1. The highest BCUT2D eigenvalue weighted by molar-refractivity contribution is 9.10. The van der Waals surface area contributed by atoms with Crippen LogP contribution in [0.4, 0.5) is 5.69 Å². The monoisotopic (exact) mass is 464 g/mol. The first-order valence-corrected chi connectivity index (χ1v) is 11.4. The molecule has 4 nitrogen and oxygen atoms in total. The normalized spacial score (nSPS) is 17.9. The zero-order valence-corrected chi connectivity index (χ0v) is 19.1. The van der Waals surface area contributed by atoms with Crippen LogP contribution < -0.4 is 4.90 Å². The van der Waals surface area contributed by atoms with Gasteiger partial charge in [0.25, 0.3) is 0 Å². The van der Waals surface area contributed by atoms with E-state index in [2.05, 4.69) is 58.7 Å². The summed E-state index contributed by atoms with van der Waals surface area (Å²) in [5, 5.41) is 0.980. The fourth-order valence-electron chi connectivity index (χ4n) is 5.06. The molecule has 0 radical (unpaired) electrons. The van der Waals surface area contributed by atoms with E-state index >= 15 is 0 Å². The topological polar surface area (TPSA) is 53.2 Å². The lowest BCUT2D eigenvalue weighted by atomic mass is 9.70. The predicted molar refractivity (Wildman–Crippen MR) is 124 cm³/mol. The Morgan fingerprint density at radius 2 is 1.83 bits per heavy atom. The van der Waals surface area contributed by atoms with Gasteiger partial charge in [-0.15, -0.1) is 0 Å². The molecule has 154 valence electrons. The molecule has 30 heavy (non-hydrogen) atoms. The highest BCUT2D eigenvalue weighted by Gasteiger charge is 2.40. The lowest BCUT2D eigenvalue weighted by Crippen LogP contribution is -2.36. The quantitative estimate of drug-likeness (QED) is 0.541. The molecular weight excluding hydrogens is 440 g/mol. The van der Waals surface area contributed by atoms with E-state index in [0.717, 1.165) is 57.3 Å². The van der Waals surface area contributed by atoms with Crippen molar-refractivity contribution in [1.82, 2.24) is 4.98 Å². The number of H-pyrrole nitrogens is 1. The Morgan fingerprint density at radius 1 is 1.10 bits per heavy atom. The maximum absolute atomic E-state index is 13.7. The van der Waals surface area contributed by atoms with Crippen LogP contribution in [0.15, 0.2) is 34.8 Å². The summed E-state index contributed by atoms with van der Waals surface area (Å²) in [4.78, 5) is 31.3. The maximum Gasteiger partial charge on any atom is 0.195 e. The number of anilines is 1. The van der Waals surface area contributed by atoms with Crippen LogP contribution in [0.1, 0.15) is 66.4 Å². The summed E-state index contributed by atoms with van der Waals surface area (Å²) in [6.45, 7) is 8.02. The zero-order chi connectivity index (χ0) is 21.2. The third-order valence-electron chi connectivity index (χ3n) is 6.79. The second-order valence-corrected chi connectivity index (χ2v) is 9.84. The Bertz CT molecular complexity index is 1210. The third kappa shape index (κ3) is 2.78. The van der Waals surface area contributed by atoms with E-state index in [0.29, 0.717) is 18.6 Å². The van der Waals surface area contributed by atoms with Crippen molar-refractivity contribution in [2.45, 2.75) is 45.4 Å². The molecule has 5 heteroatoms. The molecule has 0 amide bonds. The number of hydrogen-bond donors (Lipinski definition) is 1. The fraction of sp³-hybridized carbons (Fsp3) is 0.360. The second-order valence-electron chi connectivity index (χ2n) is 8.92. The number of carbonyl (C=O) groups excluding carboxylic acids is 2. The van der Waals surface area contributed by atoms with Crippen molar-refractivity contribution in [3.8, 4) is 0 Å². The largest absolute Gasteiger partial charge is 0.370 e. The first-order valence-electron chi connectivity index (χ1n) is 10.6. The van der Waals surface area contributed by atoms with Crippen molar-refractivity contribution >= 4 is 44.1 Å². The Kier molecular flexibility index (Phi) is 4.44. The average Bonchev–Trinajstić information content (AvgIpc) is 3.12. The standard InChI is InChI=1S/C25H25BrN2O2/c1-4-14-11-18-19(13-21(14)28-9-7-16(29)8-10-28)25(2,3)24-22(23(18)30)17-6-5-15(26)12-20(17)27-24/h5-6,11-13,27H,4,7-10H2,1-3H3. The number of nitrogens with zero attached hydrogens (tertiary/aromatic N) is 1. The lowest BCUT2D eigenvalue weighted by Gasteiger charge is -2.36. The Hall–Kier alpha value is -2.40. The molecule has 0 bridgehead atoms. The molecule has 0 atom stereocenters. The number of halogens is 1. The van der Waals surface area contributed by atoms with Gasteiger partial charge in [0.1, 0.15) is 5.78 Å². The van der Waals surface area contributed by atoms with E-state index in [4.69, 9.17) is 0 Å². The minimum absolute atomic E-state index is 0.1000. The molecule has 2 aliphatic rings. The van der Waals surface area contributed by atoms with Gasteiger partial charge in [0.05, 0.1) is 5.56 Å². The molecule has 1 aliphatic heterocycles. The van der Waals surface area contributed by atoms with Gasteiger partial charge >= 0.3 is 0 Å². The van der Waals surface area contributed by atoms with Gasteiger partial charge in [-0.3, -0.25) is 9.59 Å². The summed E-state index contributed by atoms with van der Waals surface area (Å²) in [5.41, 5.74) is 6.67. The number of rotatable bonds is 2. The molecule has 2 heterocycles. The Morgan fingerprint density at radius 3 is 2.53 bits per heavy atom. The van der Waals surface area contributed by atoms with E-state index in [1.165, 1.54) is 11.3 Å². The molecule has 0 unspecified atom stereocenters. The smallest absolute Gasteiger partial charge is 0.195 e. The molecular formula is C25H25BrN2O2. The maximum atomic E-state index is 13.7. The van der Waals surface area contributed by atoms with Crippen LogP contribution in [0.5, 0.6) is 0 Å². The second kappa shape index (κ2) is 6.81. The molecule has 0 spiro atoms. The number of fused-ring (bicyclic) bond motifs is 4. The van der Waals surface area contributed by atoms with Crippen LogP contribution >= 0.6 is 15.9 Å². The van der Waals surface area contributed by atoms with Gasteiger partial charge in [0, 0.05) is 63.7 Å². The minimum atomic E-state index is -0.323. The zero-order valence-electron chi connectivity index (χ0n) is 17.6. The molecule has 3 aromatic rings. The van der Waals surface area contributed by atoms with Gasteiger partial charge in [0.2, 0.25) is 0 Å². The van der Waals surface area contributed by atoms with Crippen LogP contribution in [0.3, 0.4) is 0 Å². The van der Waals surface area contributed by atoms with Crippen molar-refractivity contribution in [1.29, 1.82) is 0 Å². The van der Waals surface area contributed by atoms with Gasteiger partial charge in [0.15, 0.2) is 5.78 Å². The third-order valence-corrected chi connectivity index (χ3v) is 7.29. The van der Waals surface area contributed by atoms with Gasteiger partial charge in [-0.1, -0.05) is 42.8 Å². The average molecular weight is 465 g/mol. The summed E-state index contributed by atoms with van der Waals surface area (Å²) in [6.07, 6.45) is 2.06. The first kappa shape index (κ1) is 19.6. The number of carbonyl (C=O) groups is 2. The highest BCUT2D eigenvalue weighted by atomic mass is 79.9. The van der Waals surface area contributed by atoms with Crippen molar-refractivity contribution in [2.75, 3.05) is 18.0 Å². The predicted octanol–water partition coefficient (Wildman–Crippen LogP) is 5.53. The number of aromatic nitrogens is 1. The Labute approximate surface area is 184 Å². The number of ketones is 2. The van der Waals surface area contributed by atoms with Gasteiger partial charge in [-0.2, -0.15) is 0 Å². The van der Waals surface area contributed by atoms with Crippen molar-refractivity contribution in [3.05, 3.63) is 62.8 Å². The van der Waals surface area contributed by atoms with Crippen LogP contribution in [-0.4, -0.2) is 29.6 Å². The summed E-state index contributed by atoms with van der Waals surface area (Å²) in [6, 6.07) is 10.4. The molecule has 0 saturated carbocycles. The van der Waals surface area contributed by atoms with Crippen molar-refractivity contribution in [2.24, 2.45) is 0 Å². The minimum Gasteiger partial charge on any atom is -0.370 e. The number of Topliss-reactive ketones (excluding diaryl/α,β-unsaturated/α-hetero) is 1. The Balaban J connectivity index is 1.71. The number of aromatic amines is 1. The SMILES string of the molecule is CCc1cc2c(cc1N1CCC(=O)CC1)C(C)(C)c1[nH]c3cc(Br)ccc3c1C2=O. The number of benzene rings is 2. The molecule has 1 N–H and O–H groups in total. The summed E-state index contributed by atoms with van der Waals surface area (Å²) in [5.74, 6) is 0.439.